The standard InChI is InChI=1S/C26H22FN3O5/c27-19-10-12-20(13-11-19)30(23(31)17-29-25(32)22-9-5-15-35-22)24(18-6-2-1-3-7-18)26(33)28-16-21-8-4-14-34-21/h1-15,24H,16-17H2,(H,28,33)(H,29,32)/t24-/m1/s1. The zero-order chi connectivity index (χ0) is 24.6. The molecule has 1 atom stereocenters. The van der Waals surface area contributed by atoms with Gasteiger partial charge in [0.2, 0.25) is 11.8 Å². The Morgan fingerprint density at radius 1 is 0.829 bits per heavy atom. The quantitative estimate of drug-likeness (QED) is 0.383. The first kappa shape index (κ1) is 23.5. The molecule has 2 aromatic carbocycles. The number of nitrogens with zero attached hydrogens (tertiary/aromatic N) is 1. The summed E-state index contributed by atoms with van der Waals surface area (Å²) in [5.74, 6) is -1.56. The second kappa shape index (κ2) is 11.0. The number of benzene rings is 2. The van der Waals surface area contributed by atoms with E-state index in [1.54, 1.807) is 48.5 Å². The predicted molar refractivity (Wildman–Crippen MR) is 125 cm³/mol. The average Bonchev–Trinajstić information content (AvgIpc) is 3.60. The van der Waals surface area contributed by atoms with E-state index >= 15 is 0 Å². The lowest BCUT2D eigenvalue weighted by Gasteiger charge is -2.31. The van der Waals surface area contributed by atoms with Crippen molar-refractivity contribution in [1.82, 2.24) is 10.6 Å². The maximum Gasteiger partial charge on any atom is 0.287 e. The van der Waals surface area contributed by atoms with Gasteiger partial charge in [-0.1, -0.05) is 30.3 Å². The van der Waals surface area contributed by atoms with Gasteiger partial charge in [-0.15, -0.1) is 0 Å². The third-order valence-corrected chi connectivity index (χ3v) is 5.16. The second-order valence-electron chi connectivity index (χ2n) is 7.51. The molecule has 0 radical (unpaired) electrons. The number of hydrogen-bond donors (Lipinski definition) is 2. The largest absolute Gasteiger partial charge is 0.467 e. The summed E-state index contributed by atoms with van der Waals surface area (Å²) in [7, 11) is 0. The molecule has 0 unspecified atom stereocenters. The summed E-state index contributed by atoms with van der Waals surface area (Å²) >= 11 is 0. The van der Waals surface area contributed by atoms with E-state index in [2.05, 4.69) is 10.6 Å². The number of carbonyl (C=O) groups excluding carboxylic acids is 3. The van der Waals surface area contributed by atoms with Crippen LogP contribution in [0.1, 0.15) is 27.9 Å². The maximum atomic E-state index is 13.7. The van der Waals surface area contributed by atoms with Gasteiger partial charge in [-0.05, 0) is 54.1 Å². The van der Waals surface area contributed by atoms with Crippen molar-refractivity contribution in [3.8, 4) is 0 Å². The Morgan fingerprint density at radius 2 is 1.54 bits per heavy atom. The summed E-state index contributed by atoms with van der Waals surface area (Å²) < 4.78 is 24.0. The van der Waals surface area contributed by atoms with Crippen LogP contribution < -0.4 is 15.5 Å². The fourth-order valence-electron chi connectivity index (χ4n) is 3.51. The smallest absolute Gasteiger partial charge is 0.287 e. The van der Waals surface area contributed by atoms with E-state index in [-0.39, 0.29) is 18.0 Å². The number of halogens is 1. The predicted octanol–water partition coefficient (Wildman–Crippen LogP) is 3.83. The molecule has 0 fully saturated rings. The van der Waals surface area contributed by atoms with Gasteiger partial charge < -0.3 is 19.5 Å². The van der Waals surface area contributed by atoms with Crippen LogP contribution in [-0.4, -0.2) is 24.3 Å². The summed E-state index contributed by atoms with van der Waals surface area (Å²) in [5, 5.41) is 5.29. The van der Waals surface area contributed by atoms with Crippen LogP contribution >= 0.6 is 0 Å². The van der Waals surface area contributed by atoms with Crippen LogP contribution in [0.3, 0.4) is 0 Å². The average molecular weight is 475 g/mol. The van der Waals surface area contributed by atoms with Crippen LogP contribution in [0.15, 0.2) is 100 Å². The molecule has 0 spiro atoms. The van der Waals surface area contributed by atoms with Gasteiger partial charge >= 0.3 is 0 Å². The third-order valence-electron chi connectivity index (χ3n) is 5.16. The molecule has 0 aliphatic carbocycles. The lowest BCUT2D eigenvalue weighted by atomic mass is 10.0. The van der Waals surface area contributed by atoms with Crippen molar-refractivity contribution in [1.29, 1.82) is 0 Å². The molecule has 35 heavy (non-hydrogen) atoms. The van der Waals surface area contributed by atoms with Crippen molar-refractivity contribution in [3.63, 3.8) is 0 Å². The van der Waals surface area contributed by atoms with Gasteiger partial charge in [0.05, 0.1) is 25.6 Å². The zero-order valence-corrected chi connectivity index (χ0v) is 18.5. The molecular weight excluding hydrogens is 453 g/mol. The Kier molecular flexibility index (Phi) is 7.37. The Bertz CT molecular complexity index is 1260. The van der Waals surface area contributed by atoms with Crippen LogP contribution in [0.5, 0.6) is 0 Å². The summed E-state index contributed by atoms with van der Waals surface area (Å²) in [5.41, 5.74) is 0.810. The van der Waals surface area contributed by atoms with E-state index in [9.17, 15) is 18.8 Å². The minimum Gasteiger partial charge on any atom is -0.467 e. The molecule has 4 aromatic rings. The normalized spacial score (nSPS) is 11.5. The molecule has 2 N–H and O–H groups in total. The number of nitrogens with one attached hydrogen (secondary N) is 2. The molecule has 178 valence electrons. The lowest BCUT2D eigenvalue weighted by molar-refractivity contribution is -0.126. The molecular formula is C26H22FN3O5. The van der Waals surface area contributed by atoms with E-state index < -0.39 is 36.1 Å². The lowest BCUT2D eigenvalue weighted by Crippen LogP contribution is -2.47. The van der Waals surface area contributed by atoms with Crippen molar-refractivity contribution in [2.45, 2.75) is 12.6 Å². The van der Waals surface area contributed by atoms with Crippen molar-refractivity contribution < 1.29 is 27.6 Å². The number of furan rings is 2. The third kappa shape index (κ3) is 5.83. The zero-order valence-electron chi connectivity index (χ0n) is 18.5. The Labute approximate surface area is 200 Å². The van der Waals surface area contributed by atoms with Crippen molar-refractivity contribution in [3.05, 3.63) is 114 Å². The SMILES string of the molecule is O=C(NCC(=O)N(c1ccc(F)cc1)[C@@H](C(=O)NCc1ccco1)c1ccccc1)c1ccco1. The van der Waals surface area contributed by atoms with Gasteiger partial charge in [0.1, 0.15) is 17.6 Å². The van der Waals surface area contributed by atoms with Crippen LogP contribution in [-0.2, 0) is 16.1 Å². The number of hydrogen-bond acceptors (Lipinski definition) is 5. The van der Waals surface area contributed by atoms with Gasteiger partial charge in [0.15, 0.2) is 5.76 Å². The van der Waals surface area contributed by atoms with E-state index in [1.165, 1.54) is 47.8 Å². The first-order chi connectivity index (χ1) is 17.0. The molecule has 3 amide bonds. The van der Waals surface area contributed by atoms with Crippen molar-refractivity contribution in [2.24, 2.45) is 0 Å². The molecule has 0 saturated heterocycles. The highest BCUT2D eigenvalue weighted by Gasteiger charge is 2.33. The summed E-state index contributed by atoms with van der Waals surface area (Å²) in [4.78, 5) is 40.4. The fourth-order valence-corrected chi connectivity index (χ4v) is 3.51. The molecule has 0 aliphatic rings. The highest BCUT2D eigenvalue weighted by molar-refractivity contribution is 6.04. The van der Waals surface area contributed by atoms with E-state index in [0.29, 0.717) is 11.3 Å². The molecule has 9 heteroatoms. The molecule has 8 nitrogen and oxygen atoms in total. The minimum absolute atomic E-state index is 0.0435. The number of anilines is 1. The first-order valence-corrected chi connectivity index (χ1v) is 10.8. The monoisotopic (exact) mass is 475 g/mol. The van der Waals surface area contributed by atoms with E-state index in [1.807, 2.05) is 0 Å². The van der Waals surface area contributed by atoms with Gasteiger partial charge in [0, 0.05) is 5.69 Å². The van der Waals surface area contributed by atoms with Gasteiger partial charge in [-0.2, -0.15) is 0 Å². The minimum atomic E-state index is -1.11. The molecule has 2 heterocycles. The van der Waals surface area contributed by atoms with Crippen molar-refractivity contribution >= 4 is 23.4 Å². The summed E-state index contributed by atoms with van der Waals surface area (Å²) in [6.07, 6.45) is 2.84. The van der Waals surface area contributed by atoms with Crippen LogP contribution in [0.2, 0.25) is 0 Å². The molecule has 2 aromatic heterocycles. The van der Waals surface area contributed by atoms with E-state index in [0.717, 1.165) is 0 Å². The van der Waals surface area contributed by atoms with E-state index in [4.69, 9.17) is 8.83 Å². The molecule has 0 bridgehead atoms. The first-order valence-electron chi connectivity index (χ1n) is 10.8. The van der Waals surface area contributed by atoms with Crippen LogP contribution in [0, 0.1) is 5.82 Å². The fraction of sp³-hybridized carbons (Fsp3) is 0.115. The number of carbonyl (C=O) groups is 3. The molecule has 4 rings (SSSR count). The highest BCUT2D eigenvalue weighted by atomic mass is 19.1. The van der Waals surface area contributed by atoms with Crippen LogP contribution in [0.4, 0.5) is 10.1 Å². The number of amides is 3. The number of rotatable bonds is 9. The Balaban J connectivity index is 1.65. The van der Waals surface area contributed by atoms with Crippen LogP contribution in [0.25, 0.3) is 0 Å². The summed E-state index contributed by atoms with van der Waals surface area (Å²) in [6, 6.07) is 19.2. The highest BCUT2D eigenvalue weighted by Crippen LogP contribution is 2.28. The topological polar surface area (TPSA) is 105 Å². The maximum absolute atomic E-state index is 13.7. The Hall–Kier alpha value is -4.66. The second-order valence-corrected chi connectivity index (χ2v) is 7.51. The van der Waals surface area contributed by atoms with Crippen molar-refractivity contribution in [2.75, 3.05) is 11.4 Å². The van der Waals surface area contributed by atoms with Gasteiger partial charge in [0.25, 0.3) is 5.91 Å². The molecule has 0 aliphatic heterocycles. The molecule has 0 saturated carbocycles. The summed E-state index contributed by atoms with van der Waals surface area (Å²) in [6.45, 7) is -0.318. The Morgan fingerprint density at radius 3 is 2.20 bits per heavy atom. The van der Waals surface area contributed by atoms with Gasteiger partial charge in [-0.25, -0.2) is 4.39 Å². The van der Waals surface area contributed by atoms with Gasteiger partial charge in [-0.3, -0.25) is 19.3 Å².